The van der Waals surface area contributed by atoms with Crippen molar-refractivity contribution in [1.82, 2.24) is 0 Å². The van der Waals surface area contributed by atoms with Crippen LogP contribution in [0, 0.1) is 0 Å². The average molecular weight is 268 g/mol. The molecule has 0 saturated carbocycles. The zero-order valence-corrected chi connectivity index (χ0v) is 11.0. The van der Waals surface area contributed by atoms with E-state index in [4.69, 9.17) is 10.5 Å². The van der Waals surface area contributed by atoms with E-state index in [-0.39, 0.29) is 12.6 Å². The molecule has 102 valence electrons. The lowest BCUT2D eigenvalue weighted by atomic mass is 9.86. The number of esters is 1. The average Bonchev–Trinajstić information content (AvgIpc) is 2.50. The van der Waals surface area contributed by atoms with Crippen molar-refractivity contribution < 1.29 is 9.53 Å². The number of carbonyl (C=O) groups is 1. The molecular weight excluding hydrogens is 252 g/mol. The maximum Gasteiger partial charge on any atom is 0.318 e. The fourth-order valence-electron chi connectivity index (χ4n) is 2.53. The highest BCUT2D eigenvalue weighted by molar-refractivity contribution is 5.90. The first kappa shape index (κ1) is 12.7. The third-order valence-electron chi connectivity index (χ3n) is 3.41. The summed E-state index contributed by atoms with van der Waals surface area (Å²) in [5, 5.41) is 3.35. The van der Waals surface area contributed by atoms with Gasteiger partial charge < -0.3 is 15.8 Å². The maximum atomic E-state index is 12.4. The fraction of sp³-hybridized carbons (Fsp3) is 0.188. The van der Waals surface area contributed by atoms with Gasteiger partial charge in [0.05, 0.1) is 0 Å². The van der Waals surface area contributed by atoms with Gasteiger partial charge in [-0.2, -0.15) is 0 Å². The summed E-state index contributed by atoms with van der Waals surface area (Å²) >= 11 is 0. The quantitative estimate of drug-likeness (QED) is 0.839. The summed E-state index contributed by atoms with van der Waals surface area (Å²) in [6, 6.07) is 15.6. The third kappa shape index (κ3) is 2.14. The van der Waals surface area contributed by atoms with E-state index in [9.17, 15) is 4.79 Å². The molecule has 1 heterocycles. The van der Waals surface area contributed by atoms with Crippen LogP contribution in [0.1, 0.15) is 17.0 Å². The van der Waals surface area contributed by atoms with Crippen LogP contribution < -0.4 is 11.1 Å². The number of para-hydroxylation sites is 2. The lowest BCUT2D eigenvalue weighted by molar-refractivity contribution is -0.144. The Labute approximate surface area is 117 Å². The van der Waals surface area contributed by atoms with E-state index in [1.165, 1.54) is 0 Å². The van der Waals surface area contributed by atoms with Crippen LogP contribution in [0.3, 0.4) is 0 Å². The molecule has 1 aliphatic heterocycles. The first-order chi connectivity index (χ1) is 9.81. The van der Waals surface area contributed by atoms with Gasteiger partial charge in [0.25, 0.3) is 0 Å². The fourth-order valence-corrected chi connectivity index (χ4v) is 2.53. The highest BCUT2D eigenvalue weighted by Gasteiger charge is 2.31. The van der Waals surface area contributed by atoms with Crippen LogP contribution in [0.4, 0.5) is 11.4 Å². The molecule has 0 aromatic heterocycles. The van der Waals surface area contributed by atoms with Gasteiger partial charge in [0, 0.05) is 17.9 Å². The van der Waals surface area contributed by atoms with Gasteiger partial charge in [-0.1, -0.05) is 36.4 Å². The van der Waals surface area contributed by atoms with Crippen LogP contribution in [0.25, 0.3) is 0 Å². The molecule has 0 aliphatic carbocycles. The molecular formula is C16H16N2O2. The molecule has 0 bridgehead atoms. The number of hydrogen-bond acceptors (Lipinski definition) is 4. The molecule has 0 amide bonds. The van der Waals surface area contributed by atoms with E-state index in [0.29, 0.717) is 6.54 Å². The topological polar surface area (TPSA) is 64.3 Å². The molecule has 1 aliphatic rings. The van der Waals surface area contributed by atoms with Gasteiger partial charge in [-0.15, -0.1) is 0 Å². The highest BCUT2D eigenvalue weighted by atomic mass is 16.5. The van der Waals surface area contributed by atoms with Crippen LogP contribution >= 0.6 is 0 Å². The normalized spacial score (nSPS) is 13.1. The molecule has 0 fully saturated rings. The number of carbonyl (C=O) groups excluding carboxylic acids is 1. The van der Waals surface area contributed by atoms with Crippen molar-refractivity contribution in [2.45, 2.75) is 5.92 Å². The standard InChI is InChI=1S/C16H16N2O2/c17-9-10-20-16(19)15-11-5-1-3-7-13(11)18-14-8-4-2-6-12(14)15/h1-8,15,18H,9-10,17H2. The number of benzene rings is 2. The number of nitrogens with two attached hydrogens (primary N) is 1. The zero-order valence-electron chi connectivity index (χ0n) is 11.0. The van der Waals surface area contributed by atoms with Crippen molar-refractivity contribution in [2.24, 2.45) is 5.73 Å². The summed E-state index contributed by atoms with van der Waals surface area (Å²) in [7, 11) is 0. The lowest BCUT2D eigenvalue weighted by Gasteiger charge is -2.27. The molecule has 2 aromatic carbocycles. The second kappa shape index (κ2) is 5.35. The van der Waals surface area contributed by atoms with E-state index in [1.807, 2.05) is 48.5 Å². The van der Waals surface area contributed by atoms with Gasteiger partial charge in [0.15, 0.2) is 0 Å². The highest BCUT2D eigenvalue weighted by Crippen LogP contribution is 2.41. The summed E-state index contributed by atoms with van der Waals surface area (Å²) in [6.07, 6.45) is 0. The number of nitrogens with one attached hydrogen (secondary N) is 1. The van der Waals surface area contributed by atoms with Crippen molar-refractivity contribution >= 4 is 17.3 Å². The molecule has 3 rings (SSSR count). The Kier molecular flexibility index (Phi) is 3.39. The lowest BCUT2D eigenvalue weighted by Crippen LogP contribution is -2.24. The Bertz CT molecular complexity index is 594. The van der Waals surface area contributed by atoms with E-state index < -0.39 is 5.92 Å². The molecule has 2 aromatic rings. The smallest absolute Gasteiger partial charge is 0.318 e. The van der Waals surface area contributed by atoms with Crippen LogP contribution in [-0.4, -0.2) is 19.1 Å². The van der Waals surface area contributed by atoms with Gasteiger partial charge in [-0.3, -0.25) is 4.79 Å². The van der Waals surface area contributed by atoms with Crippen molar-refractivity contribution in [3.8, 4) is 0 Å². The second-order valence-corrected chi connectivity index (χ2v) is 4.69. The summed E-state index contributed by atoms with van der Waals surface area (Å²) in [5.41, 5.74) is 9.17. The minimum absolute atomic E-state index is 0.243. The second-order valence-electron chi connectivity index (χ2n) is 4.69. The number of ether oxygens (including phenoxy) is 1. The third-order valence-corrected chi connectivity index (χ3v) is 3.41. The molecule has 0 unspecified atom stereocenters. The number of fused-ring (bicyclic) bond motifs is 2. The van der Waals surface area contributed by atoms with Gasteiger partial charge in [-0.05, 0) is 23.3 Å². The summed E-state index contributed by atoms with van der Waals surface area (Å²) in [6.45, 7) is 0.576. The first-order valence-corrected chi connectivity index (χ1v) is 6.63. The van der Waals surface area contributed by atoms with E-state index >= 15 is 0 Å². The van der Waals surface area contributed by atoms with Gasteiger partial charge in [0.2, 0.25) is 0 Å². The van der Waals surface area contributed by atoms with Crippen LogP contribution in [0.2, 0.25) is 0 Å². The molecule has 4 nitrogen and oxygen atoms in total. The van der Waals surface area contributed by atoms with Gasteiger partial charge in [-0.25, -0.2) is 0 Å². The van der Waals surface area contributed by atoms with E-state index in [2.05, 4.69) is 5.32 Å². The molecule has 0 atom stereocenters. The Hall–Kier alpha value is -2.33. The van der Waals surface area contributed by atoms with Gasteiger partial charge in [0.1, 0.15) is 12.5 Å². The SMILES string of the molecule is NCCOC(=O)C1c2ccccc2Nc2ccccc21. The summed E-state index contributed by atoms with van der Waals surface area (Å²) in [4.78, 5) is 12.4. The van der Waals surface area contributed by atoms with Crippen molar-refractivity contribution in [2.75, 3.05) is 18.5 Å². The number of rotatable bonds is 3. The minimum atomic E-state index is -0.393. The predicted molar refractivity (Wildman–Crippen MR) is 78.0 cm³/mol. The number of anilines is 2. The number of hydrogen-bond donors (Lipinski definition) is 2. The maximum absolute atomic E-state index is 12.4. The minimum Gasteiger partial charge on any atom is -0.464 e. The molecule has 0 spiro atoms. The largest absolute Gasteiger partial charge is 0.464 e. The van der Waals surface area contributed by atoms with Crippen LogP contribution in [-0.2, 0) is 9.53 Å². The molecule has 0 radical (unpaired) electrons. The van der Waals surface area contributed by atoms with Gasteiger partial charge >= 0.3 is 5.97 Å². The Morgan fingerprint density at radius 2 is 1.60 bits per heavy atom. The summed E-state index contributed by atoms with van der Waals surface area (Å²) < 4.78 is 5.25. The molecule has 3 N–H and O–H groups in total. The van der Waals surface area contributed by atoms with E-state index in [0.717, 1.165) is 22.5 Å². The predicted octanol–water partition coefficient (Wildman–Crippen LogP) is 2.38. The van der Waals surface area contributed by atoms with Crippen LogP contribution in [0.15, 0.2) is 48.5 Å². The Morgan fingerprint density at radius 3 is 2.15 bits per heavy atom. The molecule has 4 heteroatoms. The van der Waals surface area contributed by atoms with Crippen LogP contribution in [0.5, 0.6) is 0 Å². The molecule has 0 saturated heterocycles. The van der Waals surface area contributed by atoms with E-state index in [1.54, 1.807) is 0 Å². The Morgan fingerprint density at radius 1 is 1.05 bits per heavy atom. The Balaban J connectivity index is 2.05. The molecule has 20 heavy (non-hydrogen) atoms. The first-order valence-electron chi connectivity index (χ1n) is 6.63. The summed E-state index contributed by atoms with van der Waals surface area (Å²) in [5.74, 6) is -0.646. The van der Waals surface area contributed by atoms with Crippen molar-refractivity contribution in [3.05, 3.63) is 59.7 Å². The van der Waals surface area contributed by atoms with Crippen molar-refractivity contribution in [3.63, 3.8) is 0 Å². The zero-order chi connectivity index (χ0) is 13.9. The monoisotopic (exact) mass is 268 g/mol. The van der Waals surface area contributed by atoms with Crippen molar-refractivity contribution in [1.29, 1.82) is 0 Å².